The maximum atomic E-state index is 13.0. The summed E-state index contributed by atoms with van der Waals surface area (Å²) in [6.45, 7) is 1.53. The smallest absolute Gasteiger partial charge is 0.292 e. The van der Waals surface area contributed by atoms with E-state index in [0.29, 0.717) is 6.54 Å². The maximum Gasteiger partial charge on any atom is 0.292 e. The molecule has 5 amide bonds. The topological polar surface area (TPSA) is 220 Å². The summed E-state index contributed by atoms with van der Waals surface area (Å²) in [5.74, 6) is -1.97. The molecular weight excluding hydrogens is 612 g/mol. The van der Waals surface area contributed by atoms with Crippen LogP contribution in [0.4, 0.5) is 17.5 Å². The first-order valence-electron chi connectivity index (χ1n) is 14.5. The Labute approximate surface area is 269 Å². The molecule has 0 unspecified atom stereocenters. The average Bonchev–Trinajstić information content (AvgIpc) is 3.77. The quantitative estimate of drug-likeness (QED) is 0.111. The summed E-state index contributed by atoms with van der Waals surface area (Å²) in [5, 5.41) is 13.2. The van der Waals surface area contributed by atoms with Gasteiger partial charge in [-0.1, -0.05) is 0 Å². The molecule has 0 aliphatic heterocycles. The second kappa shape index (κ2) is 15.0. The Kier molecular flexibility index (Phi) is 10.8. The van der Waals surface area contributed by atoms with Crippen LogP contribution in [-0.4, -0.2) is 106 Å². The molecule has 0 radical (unpaired) electrons. The highest BCUT2D eigenvalue weighted by Gasteiger charge is 2.22. The standard InChI is InChI=1S/C28H38N14O5/c1-38(2)12-7-9-29-20(43)8-10-31-25(44)22-32-17(14-40(22)4)36-27(46)24-34-19(16-42(24)6)37-28(47)23-33-18(15-41(23)5)35-26(45)21-30-11-13-39(21)3/h11,13-16H,7-10,12H2,1-6H3,(H,29,43)(H,31,44)(H,35,45)(H,36,46)(H,37,47). The van der Waals surface area contributed by atoms with Crippen molar-refractivity contribution in [1.82, 2.24) is 53.7 Å². The predicted octanol–water partition coefficient (Wildman–Crippen LogP) is -0.435. The third kappa shape index (κ3) is 8.87. The molecule has 4 aromatic rings. The number of rotatable bonds is 14. The molecule has 4 heterocycles. The molecule has 4 rings (SSSR count). The zero-order valence-corrected chi connectivity index (χ0v) is 27.0. The molecule has 0 fully saturated rings. The summed E-state index contributed by atoms with van der Waals surface area (Å²) in [6, 6.07) is 0. The number of carbonyl (C=O) groups is 5. The van der Waals surface area contributed by atoms with Gasteiger partial charge in [0.15, 0.2) is 23.3 Å². The van der Waals surface area contributed by atoms with Crippen LogP contribution in [0.2, 0.25) is 0 Å². The minimum absolute atomic E-state index is 0.0169. The van der Waals surface area contributed by atoms with Gasteiger partial charge < -0.3 is 49.8 Å². The number of imidazole rings is 4. The van der Waals surface area contributed by atoms with Crippen molar-refractivity contribution in [1.29, 1.82) is 0 Å². The summed E-state index contributed by atoms with van der Waals surface area (Å²) >= 11 is 0. The van der Waals surface area contributed by atoms with E-state index in [2.05, 4.69) is 46.5 Å². The number of hydrogen-bond donors (Lipinski definition) is 5. The van der Waals surface area contributed by atoms with Gasteiger partial charge in [0, 0.05) is 78.7 Å². The van der Waals surface area contributed by atoms with E-state index in [1.165, 1.54) is 38.5 Å². The Morgan fingerprint density at radius 1 is 0.638 bits per heavy atom. The molecule has 47 heavy (non-hydrogen) atoms. The van der Waals surface area contributed by atoms with Gasteiger partial charge in [0.05, 0.1) is 0 Å². The van der Waals surface area contributed by atoms with Crippen molar-refractivity contribution in [3.63, 3.8) is 0 Å². The van der Waals surface area contributed by atoms with Crippen LogP contribution in [-0.2, 0) is 33.0 Å². The number of anilines is 3. The van der Waals surface area contributed by atoms with Gasteiger partial charge >= 0.3 is 0 Å². The van der Waals surface area contributed by atoms with E-state index in [0.717, 1.165) is 13.0 Å². The van der Waals surface area contributed by atoms with Crippen LogP contribution in [0.1, 0.15) is 55.3 Å². The number of aromatic nitrogens is 8. The monoisotopic (exact) mass is 650 g/mol. The van der Waals surface area contributed by atoms with Gasteiger partial charge in [-0.15, -0.1) is 0 Å². The lowest BCUT2D eigenvalue weighted by Crippen LogP contribution is -2.32. The van der Waals surface area contributed by atoms with Crippen molar-refractivity contribution < 1.29 is 24.0 Å². The van der Waals surface area contributed by atoms with E-state index < -0.39 is 23.6 Å². The summed E-state index contributed by atoms with van der Waals surface area (Å²) in [4.78, 5) is 81.6. The van der Waals surface area contributed by atoms with E-state index in [4.69, 9.17) is 0 Å². The summed E-state index contributed by atoms with van der Waals surface area (Å²) in [6.07, 6.45) is 8.42. The fourth-order valence-electron chi connectivity index (χ4n) is 4.39. The molecule has 250 valence electrons. The van der Waals surface area contributed by atoms with Crippen LogP contribution in [0, 0.1) is 0 Å². The Bertz CT molecular complexity index is 1780. The van der Waals surface area contributed by atoms with E-state index in [9.17, 15) is 24.0 Å². The third-order valence-corrected chi connectivity index (χ3v) is 6.73. The number of carbonyl (C=O) groups excluding carboxylic acids is 5. The molecule has 4 aromatic heterocycles. The van der Waals surface area contributed by atoms with E-state index in [1.54, 1.807) is 39.0 Å². The molecule has 5 N–H and O–H groups in total. The number of amides is 5. The molecule has 19 heteroatoms. The van der Waals surface area contributed by atoms with Crippen molar-refractivity contribution in [3.8, 4) is 0 Å². The normalized spacial score (nSPS) is 11.0. The van der Waals surface area contributed by atoms with Gasteiger partial charge in [0.25, 0.3) is 23.6 Å². The zero-order valence-electron chi connectivity index (χ0n) is 27.0. The van der Waals surface area contributed by atoms with Crippen molar-refractivity contribution >= 4 is 47.0 Å². The molecule has 0 aliphatic rings. The van der Waals surface area contributed by atoms with Crippen LogP contribution < -0.4 is 26.6 Å². The highest BCUT2D eigenvalue weighted by Crippen LogP contribution is 2.14. The Hall–Kier alpha value is -5.85. The van der Waals surface area contributed by atoms with Crippen molar-refractivity contribution in [2.75, 3.05) is 49.7 Å². The van der Waals surface area contributed by atoms with E-state index in [1.807, 2.05) is 19.0 Å². The van der Waals surface area contributed by atoms with Crippen molar-refractivity contribution in [3.05, 3.63) is 54.3 Å². The zero-order chi connectivity index (χ0) is 34.2. The van der Waals surface area contributed by atoms with Gasteiger partial charge in [-0.25, -0.2) is 19.9 Å². The molecule has 0 saturated carbocycles. The largest absolute Gasteiger partial charge is 0.356 e. The Morgan fingerprint density at radius 2 is 1.11 bits per heavy atom. The molecule has 0 saturated heterocycles. The lowest BCUT2D eigenvalue weighted by Gasteiger charge is -2.10. The van der Waals surface area contributed by atoms with Crippen molar-refractivity contribution in [2.45, 2.75) is 12.8 Å². The first-order chi connectivity index (χ1) is 22.3. The molecule has 0 spiro atoms. The lowest BCUT2D eigenvalue weighted by molar-refractivity contribution is -0.120. The van der Waals surface area contributed by atoms with Gasteiger partial charge in [0.1, 0.15) is 0 Å². The SMILES string of the molecule is CN(C)CCCNC(=O)CCNC(=O)c1nc(NC(=O)c2nc(NC(=O)c3nc(NC(=O)c4nccn4C)cn3C)cn2C)cn1C. The molecule has 0 aliphatic carbocycles. The summed E-state index contributed by atoms with van der Waals surface area (Å²) < 4.78 is 5.82. The van der Waals surface area contributed by atoms with Gasteiger partial charge in [-0.2, -0.15) is 0 Å². The molecule has 0 atom stereocenters. The summed E-state index contributed by atoms with van der Waals surface area (Å²) in [7, 11) is 10.3. The fourth-order valence-corrected chi connectivity index (χ4v) is 4.39. The fraction of sp³-hybridized carbons (Fsp3) is 0.393. The second-order valence-corrected chi connectivity index (χ2v) is 10.9. The molecule has 0 bridgehead atoms. The number of hydrogen-bond acceptors (Lipinski definition) is 10. The van der Waals surface area contributed by atoms with Crippen LogP contribution >= 0.6 is 0 Å². The van der Waals surface area contributed by atoms with Gasteiger partial charge in [0.2, 0.25) is 23.4 Å². The van der Waals surface area contributed by atoms with Crippen LogP contribution in [0.25, 0.3) is 0 Å². The maximum absolute atomic E-state index is 13.0. The van der Waals surface area contributed by atoms with E-state index >= 15 is 0 Å². The Balaban J connectivity index is 1.30. The number of nitrogens with one attached hydrogen (secondary N) is 5. The van der Waals surface area contributed by atoms with Crippen LogP contribution in [0.15, 0.2) is 31.0 Å². The van der Waals surface area contributed by atoms with Gasteiger partial charge in [-0.3, -0.25) is 24.0 Å². The predicted molar refractivity (Wildman–Crippen MR) is 170 cm³/mol. The van der Waals surface area contributed by atoms with Crippen LogP contribution in [0.3, 0.4) is 0 Å². The van der Waals surface area contributed by atoms with E-state index in [-0.39, 0.29) is 59.6 Å². The lowest BCUT2D eigenvalue weighted by atomic mass is 10.3. The van der Waals surface area contributed by atoms with Crippen LogP contribution in [0.5, 0.6) is 0 Å². The number of aryl methyl sites for hydroxylation is 4. The van der Waals surface area contributed by atoms with Gasteiger partial charge in [-0.05, 0) is 27.1 Å². The average molecular weight is 651 g/mol. The minimum atomic E-state index is -0.639. The highest BCUT2D eigenvalue weighted by atomic mass is 16.2. The number of nitrogens with zero attached hydrogens (tertiary/aromatic N) is 9. The highest BCUT2D eigenvalue weighted by molar-refractivity contribution is 6.05. The molecular formula is C28H38N14O5. The second-order valence-electron chi connectivity index (χ2n) is 10.9. The molecule has 0 aromatic carbocycles. The first kappa shape index (κ1) is 34.0. The van der Waals surface area contributed by atoms with Crippen molar-refractivity contribution in [2.24, 2.45) is 28.2 Å². The molecule has 19 nitrogen and oxygen atoms in total. The Morgan fingerprint density at radius 3 is 1.55 bits per heavy atom. The minimum Gasteiger partial charge on any atom is -0.356 e. The summed E-state index contributed by atoms with van der Waals surface area (Å²) in [5.41, 5.74) is 0. The third-order valence-electron chi connectivity index (χ3n) is 6.73. The first-order valence-corrected chi connectivity index (χ1v) is 14.5.